The van der Waals surface area contributed by atoms with Crippen LogP contribution in [0.2, 0.25) is 0 Å². The fraction of sp³-hybridized carbons (Fsp3) is 0.652. The van der Waals surface area contributed by atoms with Crippen molar-refractivity contribution in [1.82, 2.24) is 4.90 Å². The molecule has 3 heterocycles. The van der Waals surface area contributed by atoms with Gasteiger partial charge in [0.25, 0.3) is 0 Å². The van der Waals surface area contributed by atoms with E-state index in [1.54, 1.807) is 0 Å². The number of para-hydroxylation sites is 1. The molecule has 6 heteroatoms. The van der Waals surface area contributed by atoms with Gasteiger partial charge in [-0.25, -0.2) is 0 Å². The summed E-state index contributed by atoms with van der Waals surface area (Å²) in [5, 5.41) is 0. The Morgan fingerprint density at radius 3 is 2.76 bits per heavy atom. The topological polar surface area (TPSA) is 59.1 Å². The number of esters is 1. The van der Waals surface area contributed by atoms with Gasteiger partial charge in [0.1, 0.15) is 0 Å². The maximum absolute atomic E-state index is 13.2. The molecule has 6 aliphatic rings. The second-order valence-corrected chi connectivity index (χ2v) is 9.60. The van der Waals surface area contributed by atoms with E-state index in [2.05, 4.69) is 23.1 Å². The number of ether oxygens (including phenoxy) is 2. The number of hydrogen-bond acceptors (Lipinski definition) is 5. The second kappa shape index (κ2) is 5.61. The number of anilines is 1. The van der Waals surface area contributed by atoms with E-state index in [1.807, 2.05) is 18.1 Å². The summed E-state index contributed by atoms with van der Waals surface area (Å²) in [6.07, 6.45) is 5.64. The van der Waals surface area contributed by atoms with E-state index < -0.39 is 5.54 Å². The number of piperidine rings is 1. The number of nitrogens with zero attached hydrogens (tertiary/aromatic N) is 2. The van der Waals surface area contributed by atoms with E-state index >= 15 is 0 Å². The number of benzene rings is 1. The Hall–Kier alpha value is -1.92. The maximum atomic E-state index is 13.2. The van der Waals surface area contributed by atoms with Crippen molar-refractivity contribution in [2.45, 2.75) is 55.2 Å². The first-order valence-corrected chi connectivity index (χ1v) is 10.8. The second-order valence-electron chi connectivity index (χ2n) is 9.60. The normalized spacial score (nSPS) is 44.2. The first-order chi connectivity index (χ1) is 14.1. The SMILES string of the molecule is COC(=O)[C@@H]1C[C@]23CC[C@@]14N(C=O)c1ccccc1[C@@]41CCN(CC[C@H]2OC)[C@@H]31. The summed E-state index contributed by atoms with van der Waals surface area (Å²) >= 11 is 0. The molecule has 2 bridgehead atoms. The molecule has 0 unspecified atom stereocenters. The molecule has 0 N–H and O–H groups in total. The Balaban J connectivity index is 1.69. The molecule has 3 aliphatic heterocycles. The van der Waals surface area contributed by atoms with Crippen LogP contribution in [0.4, 0.5) is 5.69 Å². The number of methoxy groups -OCH3 is 2. The predicted octanol–water partition coefficient (Wildman–Crippen LogP) is 2.11. The molecule has 6 atom stereocenters. The molecule has 1 aromatic carbocycles. The molecule has 29 heavy (non-hydrogen) atoms. The van der Waals surface area contributed by atoms with Gasteiger partial charge in [-0.15, -0.1) is 0 Å². The zero-order valence-electron chi connectivity index (χ0n) is 17.1. The standard InChI is InChI=1S/C23H28N2O4/c1-28-18-7-11-24-12-10-22-15-5-3-4-6-17(15)25(14-26)23(22)9-8-21(18,20(22)24)13-16(23)19(27)29-2/h3-6,14,16,18,20H,7-13H2,1-2H3/t16-,18+,20-,21+,22+,23+/m0/s1. The van der Waals surface area contributed by atoms with E-state index in [9.17, 15) is 9.59 Å². The Morgan fingerprint density at radius 2 is 2.00 bits per heavy atom. The number of fused-ring (bicyclic) bond motifs is 3. The maximum Gasteiger partial charge on any atom is 0.311 e. The summed E-state index contributed by atoms with van der Waals surface area (Å²) in [5.74, 6) is -0.508. The van der Waals surface area contributed by atoms with Crippen LogP contribution < -0.4 is 4.90 Å². The molecule has 0 radical (unpaired) electrons. The van der Waals surface area contributed by atoms with Gasteiger partial charge in [0.2, 0.25) is 6.41 Å². The van der Waals surface area contributed by atoms with Crippen LogP contribution in [0.25, 0.3) is 0 Å². The first-order valence-electron chi connectivity index (χ1n) is 10.8. The monoisotopic (exact) mass is 396 g/mol. The van der Waals surface area contributed by atoms with Gasteiger partial charge >= 0.3 is 5.97 Å². The molecule has 6 nitrogen and oxygen atoms in total. The first kappa shape index (κ1) is 17.9. The number of hydrogen-bond donors (Lipinski definition) is 0. The van der Waals surface area contributed by atoms with Crippen molar-refractivity contribution in [3.63, 3.8) is 0 Å². The van der Waals surface area contributed by atoms with Crippen LogP contribution in [0.3, 0.4) is 0 Å². The Kier molecular flexibility index (Phi) is 3.46. The Bertz CT molecular complexity index is 905. The minimum Gasteiger partial charge on any atom is -0.469 e. The van der Waals surface area contributed by atoms with E-state index in [4.69, 9.17) is 9.47 Å². The molecule has 1 aromatic rings. The lowest BCUT2D eigenvalue weighted by molar-refractivity contribution is -0.205. The van der Waals surface area contributed by atoms with Crippen molar-refractivity contribution in [1.29, 1.82) is 0 Å². The summed E-state index contributed by atoms with van der Waals surface area (Å²) < 4.78 is 11.4. The van der Waals surface area contributed by atoms with Crippen molar-refractivity contribution in [2.24, 2.45) is 11.3 Å². The van der Waals surface area contributed by atoms with E-state index in [1.165, 1.54) is 12.7 Å². The fourth-order valence-corrected chi connectivity index (χ4v) is 8.73. The molecular weight excluding hydrogens is 368 g/mol. The molecule has 3 saturated carbocycles. The Labute approximate surface area is 171 Å². The molecule has 0 aromatic heterocycles. The van der Waals surface area contributed by atoms with Gasteiger partial charge in [-0.05, 0) is 50.3 Å². The number of amides is 1. The summed E-state index contributed by atoms with van der Waals surface area (Å²) in [6, 6.07) is 8.63. The number of carbonyl (C=O) groups excluding carboxylic acids is 2. The minimum atomic E-state index is -0.539. The third-order valence-corrected chi connectivity index (χ3v) is 9.34. The molecule has 3 aliphatic carbocycles. The lowest BCUT2D eigenvalue weighted by atomic mass is 9.38. The zero-order chi connectivity index (χ0) is 20.0. The highest BCUT2D eigenvalue weighted by Gasteiger charge is 2.82. The van der Waals surface area contributed by atoms with Crippen LogP contribution in [0, 0.1) is 11.3 Å². The van der Waals surface area contributed by atoms with Crippen molar-refractivity contribution >= 4 is 18.1 Å². The van der Waals surface area contributed by atoms with Crippen molar-refractivity contribution in [3.05, 3.63) is 29.8 Å². The molecule has 2 saturated heterocycles. The summed E-state index contributed by atoms with van der Waals surface area (Å²) in [6.45, 7) is 2.04. The van der Waals surface area contributed by atoms with Gasteiger partial charge in [-0.3, -0.25) is 14.5 Å². The number of rotatable bonds is 3. The summed E-state index contributed by atoms with van der Waals surface area (Å²) in [4.78, 5) is 30.3. The van der Waals surface area contributed by atoms with Crippen LogP contribution in [-0.4, -0.2) is 62.3 Å². The van der Waals surface area contributed by atoms with Gasteiger partial charge in [0.15, 0.2) is 0 Å². The van der Waals surface area contributed by atoms with E-state index in [-0.39, 0.29) is 28.8 Å². The third-order valence-electron chi connectivity index (χ3n) is 9.34. The highest BCUT2D eigenvalue weighted by molar-refractivity contribution is 5.90. The molecule has 154 valence electrons. The summed E-state index contributed by atoms with van der Waals surface area (Å²) in [5.41, 5.74) is 1.37. The van der Waals surface area contributed by atoms with Crippen LogP contribution >= 0.6 is 0 Å². The number of carbonyl (C=O) groups is 2. The lowest BCUT2D eigenvalue weighted by Crippen LogP contribution is -2.81. The smallest absolute Gasteiger partial charge is 0.311 e. The molecule has 3 spiro atoms. The average Bonchev–Trinajstić information content (AvgIpc) is 3.29. The van der Waals surface area contributed by atoms with E-state index in [0.29, 0.717) is 6.04 Å². The van der Waals surface area contributed by atoms with Crippen molar-refractivity contribution in [3.8, 4) is 0 Å². The molecular formula is C23H28N2O4. The molecule has 5 fully saturated rings. The lowest BCUT2D eigenvalue weighted by Gasteiger charge is -2.71. The molecule has 7 rings (SSSR count). The van der Waals surface area contributed by atoms with Gasteiger partial charge in [0, 0.05) is 36.2 Å². The highest BCUT2D eigenvalue weighted by atomic mass is 16.5. The van der Waals surface area contributed by atoms with Gasteiger partial charge in [-0.2, -0.15) is 0 Å². The van der Waals surface area contributed by atoms with Gasteiger partial charge in [-0.1, -0.05) is 18.2 Å². The van der Waals surface area contributed by atoms with Gasteiger partial charge < -0.3 is 14.4 Å². The largest absolute Gasteiger partial charge is 0.469 e. The highest BCUT2D eigenvalue weighted by Crippen LogP contribution is 2.75. The van der Waals surface area contributed by atoms with Gasteiger partial charge in [0.05, 0.1) is 24.7 Å². The minimum absolute atomic E-state index is 0.0733. The van der Waals surface area contributed by atoms with Crippen molar-refractivity contribution < 1.29 is 19.1 Å². The van der Waals surface area contributed by atoms with Crippen LogP contribution in [0.1, 0.15) is 37.7 Å². The van der Waals surface area contributed by atoms with Crippen LogP contribution in [0.15, 0.2) is 24.3 Å². The quantitative estimate of drug-likeness (QED) is 0.579. The van der Waals surface area contributed by atoms with Crippen LogP contribution in [0.5, 0.6) is 0 Å². The predicted molar refractivity (Wildman–Crippen MR) is 107 cm³/mol. The van der Waals surface area contributed by atoms with Crippen LogP contribution in [-0.2, 0) is 24.5 Å². The van der Waals surface area contributed by atoms with Crippen molar-refractivity contribution in [2.75, 3.05) is 32.2 Å². The summed E-state index contributed by atoms with van der Waals surface area (Å²) in [7, 11) is 3.30. The zero-order valence-corrected chi connectivity index (χ0v) is 17.1. The Morgan fingerprint density at radius 1 is 1.17 bits per heavy atom. The van der Waals surface area contributed by atoms with E-state index in [0.717, 1.165) is 57.3 Å². The molecule has 1 amide bonds. The third kappa shape index (κ3) is 1.67. The average molecular weight is 396 g/mol. The fourth-order valence-electron chi connectivity index (χ4n) is 8.73.